The summed E-state index contributed by atoms with van der Waals surface area (Å²) < 4.78 is 37.7. The Balaban J connectivity index is 1.28. The number of piperidine rings is 1. The summed E-state index contributed by atoms with van der Waals surface area (Å²) in [5.41, 5.74) is 1.94. The van der Waals surface area contributed by atoms with Gasteiger partial charge in [0, 0.05) is 43.4 Å². The summed E-state index contributed by atoms with van der Waals surface area (Å²) in [5, 5.41) is 2.97. The maximum atomic E-state index is 13.7. The van der Waals surface area contributed by atoms with Crippen molar-refractivity contribution in [2.45, 2.75) is 57.5 Å². The van der Waals surface area contributed by atoms with E-state index >= 15 is 0 Å². The number of benzene rings is 1. The molecule has 0 unspecified atom stereocenters. The molecular weight excluding hydrogens is 530 g/mol. The number of carbonyl (C=O) groups excluding carboxylic acids is 1. The van der Waals surface area contributed by atoms with Gasteiger partial charge in [-0.25, -0.2) is 13.4 Å². The number of rotatable bonds is 7. The lowest BCUT2D eigenvalue weighted by atomic mass is 9.92. The normalized spacial score (nSPS) is 23.5. The average Bonchev–Trinajstić information content (AvgIpc) is 3.66. The Hall–Kier alpha value is -2.76. The van der Waals surface area contributed by atoms with Gasteiger partial charge >= 0.3 is 0 Å². The molecule has 1 aromatic heterocycles. The Kier molecular flexibility index (Phi) is 7.03. The first-order valence-electron chi connectivity index (χ1n) is 14.3. The molecule has 4 aliphatic rings. The summed E-state index contributed by atoms with van der Waals surface area (Å²) >= 11 is 0. The minimum absolute atomic E-state index is 0.0250. The molecule has 0 bridgehead atoms. The molecule has 1 saturated carbocycles. The second-order valence-corrected chi connectivity index (χ2v) is 14.5. The quantitative estimate of drug-likeness (QED) is 0.536. The highest BCUT2D eigenvalue weighted by Crippen LogP contribution is 2.54. The van der Waals surface area contributed by atoms with Crippen LogP contribution in [0.1, 0.15) is 55.6 Å². The Bertz CT molecular complexity index is 1400. The minimum Gasteiger partial charge on any atom is -0.380 e. The van der Waals surface area contributed by atoms with Crippen molar-refractivity contribution < 1.29 is 22.7 Å². The number of hydrogen-bond donors (Lipinski definition) is 1. The molecule has 1 atom stereocenters. The molecule has 1 amide bonds. The molecule has 3 saturated heterocycles. The summed E-state index contributed by atoms with van der Waals surface area (Å²) in [6.07, 6.45) is 4.73. The van der Waals surface area contributed by atoms with E-state index in [0.717, 1.165) is 31.6 Å². The van der Waals surface area contributed by atoms with E-state index < -0.39 is 9.84 Å². The summed E-state index contributed by atoms with van der Waals surface area (Å²) in [7, 11) is -3.55. The largest absolute Gasteiger partial charge is 0.380 e. The number of carbonyl (C=O) groups is 1. The van der Waals surface area contributed by atoms with E-state index in [0.29, 0.717) is 61.3 Å². The third kappa shape index (κ3) is 5.69. The smallest absolute Gasteiger partial charge is 0.258 e. The Morgan fingerprint density at radius 2 is 1.82 bits per heavy atom. The number of hydrogen-bond acceptors (Lipinski definition) is 9. The van der Waals surface area contributed by atoms with Crippen molar-refractivity contribution >= 4 is 33.2 Å². The molecule has 1 N–H and O–H groups in total. The minimum atomic E-state index is -3.55. The Morgan fingerprint density at radius 3 is 2.48 bits per heavy atom. The number of sulfone groups is 1. The van der Waals surface area contributed by atoms with Crippen LogP contribution in [0.15, 0.2) is 29.2 Å². The van der Waals surface area contributed by atoms with Gasteiger partial charge in [0.1, 0.15) is 5.82 Å². The van der Waals surface area contributed by atoms with Crippen molar-refractivity contribution in [2.24, 2.45) is 10.8 Å². The van der Waals surface area contributed by atoms with E-state index in [1.165, 1.54) is 12.8 Å². The first kappa shape index (κ1) is 27.4. The number of ether oxygens (including phenoxy) is 2. The number of amides is 1. The molecule has 6 rings (SSSR count). The van der Waals surface area contributed by atoms with Gasteiger partial charge in [-0.3, -0.25) is 4.79 Å². The molecule has 4 heterocycles. The van der Waals surface area contributed by atoms with Gasteiger partial charge in [-0.15, -0.1) is 0 Å². The predicted molar refractivity (Wildman–Crippen MR) is 153 cm³/mol. The molecule has 4 fully saturated rings. The molecule has 11 heteroatoms. The van der Waals surface area contributed by atoms with Crippen LogP contribution in [0, 0.1) is 17.8 Å². The fraction of sp³-hybridized carbons (Fsp3) is 0.621. The summed E-state index contributed by atoms with van der Waals surface area (Å²) in [6.45, 7) is 10.3. The van der Waals surface area contributed by atoms with E-state index in [1.807, 2.05) is 20.8 Å². The third-order valence-electron chi connectivity index (χ3n) is 8.74. The van der Waals surface area contributed by atoms with Crippen LogP contribution in [0.2, 0.25) is 0 Å². The molecule has 216 valence electrons. The highest BCUT2D eigenvalue weighted by atomic mass is 32.2. The summed E-state index contributed by atoms with van der Waals surface area (Å²) in [5.74, 6) is 0.690. The van der Waals surface area contributed by atoms with Crippen LogP contribution in [0.3, 0.4) is 0 Å². The van der Waals surface area contributed by atoms with Crippen molar-refractivity contribution in [3.8, 4) is 0 Å². The maximum Gasteiger partial charge on any atom is 0.258 e. The van der Waals surface area contributed by atoms with Crippen molar-refractivity contribution in [3.05, 3.63) is 35.5 Å². The van der Waals surface area contributed by atoms with Gasteiger partial charge in [-0.2, -0.15) is 4.98 Å². The molecule has 10 nitrogen and oxygen atoms in total. The van der Waals surface area contributed by atoms with Crippen molar-refractivity contribution in [1.29, 1.82) is 0 Å². The lowest BCUT2D eigenvalue weighted by Gasteiger charge is -2.38. The topological polar surface area (TPSA) is 114 Å². The van der Waals surface area contributed by atoms with Gasteiger partial charge in [-0.05, 0) is 63.1 Å². The van der Waals surface area contributed by atoms with Gasteiger partial charge in [0.05, 0.1) is 47.8 Å². The maximum absolute atomic E-state index is 13.7. The fourth-order valence-corrected chi connectivity index (χ4v) is 7.89. The van der Waals surface area contributed by atoms with Crippen molar-refractivity contribution in [2.75, 3.05) is 66.9 Å². The summed E-state index contributed by atoms with van der Waals surface area (Å²) in [4.78, 5) is 27.4. The van der Waals surface area contributed by atoms with Crippen LogP contribution in [0.4, 0.5) is 17.5 Å². The van der Waals surface area contributed by atoms with Gasteiger partial charge in [-0.1, -0.05) is 6.92 Å². The number of nitrogens with one attached hydrogen (secondary N) is 1. The average molecular weight is 570 g/mol. The number of aromatic nitrogens is 2. The molecule has 40 heavy (non-hydrogen) atoms. The van der Waals surface area contributed by atoms with Crippen LogP contribution in [-0.4, -0.2) is 82.1 Å². The van der Waals surface area contributed by atoms with Crippen molar-refractivity contribution in [3.63, 3.8) is 0 Å². The second kappa shape index (κ2) is 10.3. The molecule has 1 aliphatic carbocycles. The molecule has 1 aromatic carbocycles. The van der Waals surface area contributed by atoms with Crippen LogP contribution >= 0.6 is 0 Å². The molecule has 3 aliphatic heterocycles. The van der Waals surface area contributed by atoms with Crippen LogP contribution in [0.25, 0.3) is 0 Å². The first-order valence-corrected chi connectivity index (χ1v) is 15.9. The van der Waals surface area contributed by atoms with Gasteiger partial charge in [0.2, 0.25) is 5.95 Å². The fourth-order valence-electron chi connectivity index (χ4n) is 6.08. The zero-order valence-electron chi connectivity index (χ0n) is 23.6. The van der Waals surface area contributed by atoms with Crippen LogP contribution < -0.4 is 15.1 Å². The Morgan fingerprint density at radius 1 is 1.07 bits per heavy atom. The highest BCUT2D eigenvalue weighted by Gasteiger charge is 2.45. The predicted octanol–water partition coefficient (Wildman–Crippen LogP) is 3.45. The number of aryl methyl sites for hydroxylation is 1. The molecule has 2 aromatic rings. The Labute approximate surface area is 236 Å². The molecule has 1 spiro atoms. The SMILES string of the molecule is Cc1cc(NC(=O)c2ccc(S(=O)(=O)CC3(C)COC3)cc2N2CCC3(CC2)CC3)nc(N2CCO[C@H](C)C2)n1. The van der Waals surface area contributed by atoms with E-state index in [-0.39, 0.29) is 28.1 Å². The van der Waals surface area contributed by atoms with Crippen LogP contribution in [0.5, 0.6) is 0 Å². The first-order chi connectivity index (χ1) is 19.0. The standard InChI is InChI=1S/C29H39N5O5S/c1-20-14-25(32-27(30-20)34-12-13-39-21(2)16-34)31-26(35)23-5-4-22(40(36,37)19-28(3)17-38-18-28)15-24(23)33-10-8-29(6-7-29)9-11-33/h4-5,14-15,21H,6-13,16-19H2,1-3H3,(H,30,31,32,35)/t21-/m1/s1. The lowest BCUT2D eigenvalue weighted by Crippen LogP contribution is -2.45. The number of nitrogens with zero attached hydrogens (tertiary/aromatic N) is 4. The van der Waals surface area contributed by atoms with E-state index in [2.05, 4.69) is 25.1 Å². The van der Waals surface area contributed by atoms with Gasteiger partial charge in [0.25, 0.3) is 5.91 Å². The van der Waals surface area contributed by atoms with Gasteiger partial charge < -0.3 is 24.6 Å². The number of anilines is 3. The molecular formula is C29H39N5O5S. The highest BCUT2D eigenvalue weighted by molar-refractivity contribution is 7.91. The molecule has 0 radical (unpaired) electrons. The number of morpholine rings is 1. The zero-order valence-corrected chi connectivity index (χ0v) is 24.4. The van der Waals surface area contributed by atoms with E-state index in [9.17, 15) is 13.2 Å². The van der Waals surface area contributed by atoms with E-state index in [1.54, 1.807) is 24.3 Å². The van der Waals surface area contributed by atoms with E-state index in [4.69, 9.17) is 9.47 Å². The third-order valence-corrected chi connectivity index (χ3v) is 10.8. The summed E-state index contributed by atoms with van der Waals surface area (Å²) in [6, 6.07) is 6.67. The zero-order chi connectivity index (χ0) is 28.1. The van der Waals surface area contributed by atoms with Crippen molar-refractivity contribution in [1.82, 2.24) is 9.97 Å². The van der Waals surface area contributed by atoms with Gasteiger partial charge in [0.15, 0.2) is 9.84 Å². The second-order valence-electron chi connectivity index (χ2n) is 12.5. The monoisotopic (exact) mass is 569 g/mol. The lowest BCUT2D eigenvalue weighted by molar-refractivity contribution is -0.0870. The van der Waals surface area contributed by atoms with Crippen LogP contribution in [-0.2, 0) is 19.3 Å².